The molecule has 0 aromatic heterocycles. The van der Waals surface area contributed by atoms with Crippen molar-refractivity contribution >= 4 is 21.8 Å². The highest BCUT2D eigenvalue weighted by atomic mass is 79.9. The first-order valence-corrected chi connectivity index (χ1v) is 7.45. The minimum absolute atomic E-state index is 0.0867. The lowest BCUT2D eigenvalue weighted by molar-refractivity contribution is 0.0934. The SMILES string of the molecule is CC(C)(CCCBr)CNC(=O)c1ccc(C#N)cc1. The first-order chi connectivity index (χ1) is 8.98. The van der Waals surface area contributed by atoms with Crippen LogP contribution in [-0.2, 0) is 0 Å². The van der Waals surface area contributed by atoms with Crippen molar-refractivity contribution in [2.75, 3.05) is 11.9 Å². The van der Waals surface area contributed by atoms with Crippen molar-refractivity contribution in [1.29, 1.82) is 5.26 Å². The number of rotatable bonds is 6. The third kappa shape index (κ3) is 5.44. The van der Waals surface area contributed by atoms with Gasteiger partial charge in [0.1, 0.15) is 0 Å². The van der Waals surface area contributed by atoms with E-state index in [0.717, 1.165) is 18.2 Å². The van der Waals surface area contributed by atoms with Gasteiger partial charge in [0.2, 0.25) is 0 Å². The van der Waals surface area contributed by atoms with Crippen LogP contribution < -0.4 is 5.32 Å². The van der Waals surface area contributed by atoms with Crippen LogP contribution in [0.4, 0.5) is 0 Å². The summed E-state index contributed by atoms with van der Waals surface area (Å²) < 4.78 is 0. The van der Waals surface area contributed by atoms with Crippen LogP contribution in [0.5, 0.6) is 0 Å². The van der Waals surface area contributed by atoms with Gasteiger partial charge in [-0.3, -0.25) is 4.79 Å². The Balaban J connectivity index is 2.53. The Kier molecular flexibility index (Phi) is 6.04. The zero-order chi connectivity index (χ0) is 14.3. The van der Waals surface area contributed by atoms with Crippen LogP contribution in [-0.4, -0.2) is 17.8 Å². The second kappa shape index (κ2) is 7.30. The normalized spacial score (nSPS) is 10.8. The molecule has 1 rings (SSSR count). The number of carbonyl (C=O) groups is 1. The van der Waals surface area contributed by atoms with Gasteiger partial charge in [0.15, 0.2) is 0 Å². The van der Waals surface area contributed by atoms with Gasteiger partial charge in [0.05, 0.1) is 11.6 Å². The minimum atomic E-state index is -0.0867. The Labute approximate surface area is 123 Å². The van der Waals surface area contributed by atoms with E-state index in [2.05, 4.69) is 35.1 Å². The van der Waals surface area contributed by atoms with E-state index < -0.39 is 0 Å². The number of hydrogen-bond acceptors (Lipinski definition) is 2. The van der Waals surface area contributed by atoms with Crippen molar-refractivity contribution in [2.45, 2.75) is 26.7 Å². The molecule has 102 valence electrons. The van der Waals surface area contributed by atoms with E-state index in [-0.39, 0.29) is 11.3 Å². The Bertz CT molecular complexity index is 460. The summed E-state index contributed by atoms with van der Waals surface area (Å²) in [5.41, 5.74) is 1.25. The summed E-state index contributed by atoms with van der Waals surface area (Å²) >= 11 is 3.42. The van der Waals surface area contributed by atoms with Gasteiger partial charge in [0.25, 0.3) is 5.91 Å². The summed E-state index contributed by atoms with van der Waals surface area (Å²) in [6.45, 7) is 4.95. The predicted molar refractivity (Wildman–Crippen MR) is 80.3 cm³/mol. The lowest BCUT2D eigenvalue weighted by Gasteiger charge is -2.24. The second-order valence-corrected chi connectivity index (χ2v) is 6.12. The molecule has 0 fully saturated rings. The Morgan fingerprint density at radius 2 is 2.00 bits per heavy atom. The number of carbonyl (C=O) groups excluding carboxylic acids is 1. The molecule has 0 unspecified atom stereocenters. The average molecular weight is 323 g/mol. The van der Waals surface area contributed by atoms with E-state index in [1.54, 1.807) is 24.3 Å². The van der Waals surface area contributed by atoms with Gasteiger partial charge in [0, 0.05) is 17.4 Å². The molecule has 0 saturated carbocycles. The third-order valence-electron chi connectivity index (χ3n) is 2.99. The van der Waals surface area contributed by atoms with Crippen LogP contribution in [0.1, 0.15) is 42.6 Å². The number of nitrogens with one attached hydrogen (secondary N) is 1. The summed E-state index contributed by atoms with van der Waals surface area (Å²) in [7, 11) is 0. The number of alkyl halides is 1. The van der Waals surface area contributed by atoms with Gasteiger partial charge in [-0.2, -0.15) is 5.26 Å². The molecule has 19 heavy (non-hydrogen) atoms. The Morgan fingerprint density at radius 3 is 2.53 bits per heavy atom. The van der Waals surface area contributed by atoms with Crippen LogP contribution >= 0.6 is 15.9 Å². The molecule has 1 aromatic carbocycles. The van der Waals surface area contributed by atoms with E-state index in [0.29, 0.717) is 17.7 Å². The van der Waals surface area contributed by atoms with Gasteiger partial charge in [-0.1, -0.05) is 29.8 Å². The minimum Gasteiger partial charge on any atom is -0.352 e. The predicted octanol–water partition coefficient (Wildman–Crippen LogP) is 3.49. The van der Waals surface area contributed by atoms with Crippen molar-refractivity contribution in [3.63, 3.8) is 0 Å². The molecular weight excluding hydrogens is 304 g/mol. The van der Waals surface area contributed by atoms with Gasteiger partial charge in [-0.25, -0.2) is 0 Å². The highest BCUT2D eigenvalue weighted by Gasteiger charge is 2.18. The van der Waals surface area contributed by atoms with E-state index in [4.69, 9.17) is 5.26 Å². The fourth-order valence-corrected chi connectivity index (χ4v) is 2.03. The monoisotopic (exact) mass is 322 g/mol. The molecule has 0 radical (unpaired) electrons. The number of nitriles is 1. The standard InChI is InChI=1S/C15H19BrN2O/c1-15(2,8-3-9-16)11-18-14(19)13-6-4-12(10-17)5-7-13/h4-7H,3,8-9,11H2,1-2H3,(H,18,19). The molecule has 1 aromatic rings. The Morgan fingerprint density at radius 1 is 1.37 bits per heavy atom. The number of benzene rings is 1. The average Bonchev–Trinajstić information content (AvgIpc) is 2.43. The summed E-state index contributed by atoms with van der Waals surface area (Å²) in [6.07, 6.45) is 2.16. The quantitative estimate of drug-likeness (QED) is 0.815. The van der Waals surface area contributed by atoms with Crippen molar-refractivity contribution in [1.82, 2.24) is 5.32 Å². The van der Waals surface area contributed by atoms with Crippen LogP contribution in [0, 0.1) is 16.7 Å². The number of amides is 1. The molecule has 0 aliphatic carbocycles. The first-order valence-electron chi connectivity index (χ1n) is 6.33. The molecule has 0 aliphatic rings. The first kappa shape index (κ1) is 15.7. The van der Waals surface area contributed by atoms with Crippen molar-refractivity contribution in [3.8, 4) is 6.07 Å². The summed E-state index contributed by atoms with van der Waals surface area (Å²) in [4.78, 5) is 12.0. The van der Waals surface area contributed by atoms with Crippen molar-refractivity contribution < 1.29 is 4.79 Å². The number of nitrogens with zero attached hydrogens (tertiary/aromatic N) is 1. The molecule has 3 nitrogen and oxygen atoms in total. The van der Waals surface area contributed by atoms with Crippen molar-refractivity contribution in [3.05, 3.63) is 35.4 Å². The van der Waals surface area contributed by atoms with Crippen LogP contribution in [0.2, 0.25) is 0 Å². The maximum atomic E-state index is 12.0. The van der Waals surface area contributed by atoms with Gasteiger partial charge >= 0.3 is 0 Å². The number of hydrogen-bond donors (Lipinski definition) is 1. The topological polar surface area (TPSA) is 52.9 Å². The smallest absolute Gasteiger partial charge is 0.251 e. The van der Waals surface area contributed by atoms with Crippen LogP contribution in [0.3, 0.4) is 0 Å². The second-order valence-electron chi connectivity index (χ2n) is 5.33. The molecule has 1 N–H and O–H groups in total. The summed E-state index contributed by atoms with van der Waals surface area (Å²) in [5, 5.41) is 12.6. The van der Waals surface area contributed by atoms with Gasteiger partial charge in [-0.15, -0.1) is 0 Å². The molecule has 0 aliphatic heterocycles. The van der Waals surface area contributed by atoms with E-state index >= 15 is 0 Å². The maximum Gasteiger partial charge on any atom is 0.251 e. The molecule has 0 atom stereocenters. The van der Waals surface area contributed by atoms with E-state index in [9.17, 15) is 4.79 Å². The highest BCUT2D eigenvalue weighted by Crippen LogP contribution is 2.21. The molecular formula is C15H19BrN2O. The van der Waals surface area contributed by atoms with Crippen LogP contribution in [0.25, 0.3) is 0 Å². The fraction of sp³-hybridized carbons (Fsp3) is 0.467. The number of halogens is 1. The fourth-order valence-electron chi connectivity index (χ4n) is 1.75. The lowest BCUT2D eigenvalue weighted by Crippen LogP contribution is -2.34. The molecule has 0 bridgehead atoms. The Hall–Kier alpha value is -1.34. The zero-order valence-corrected chi connectivity index (χ0v) is 13.0. The molecule has 0 spiro atoms. The maximum absolute atomic E-state index is 12.0. The third-order valence-corrected chi connectivity index (χ3v) is 3.55. The van der Waals surface area contributed by atoms with Gasteiger partial charge in [-0.05, 0) is 42.5 Å². The largest absolute Gasteiger partial charge is 0.352 e. The van der Waals surface area contributed by atoms with E-state index in [1.807, 2.05) is 6.07 Å². The van der Waals surface area contributed by atoms with Gasteiger partial charge < -0.3 is 5.32 Å². The van der Waals surface area contributed by atoms with Crippen molar-refractivity contribution in [2.24, 2.45) is 5.41 Å². The highest BCUT2D eigenvalue weighted by molar-refractivity contribution is 9.09. The summed E-state index contributed by atoms with van der Waals surface area (Å²) in [6, 6.07) is 8.71. The molecule has 0 heterocycles. The zero-order valence-electron chi connectivity index (χ0n) is 11.4. The summed E-state index contributed by atoms with van der Waals surface area (Å²) in [5.74, 6) is -0.0867. The van der Waals surface area contributed by atoms with Crippen LogP contribution in [0.15, 0.2) is 24.3 Å². The molecule has 0 saturated heterocycles. The lowest BCUT2D eigenvalue weighted by atomic mass is 9.88. The van der Waals surface area contributed by atoms with E-state index in [1.165, 1.54) is 0 Å². The molecule has 1 amide bonds. The molecule has 4 heteroatoms.